The standard InChI is InChI=1S/C21H19ClFNO4/c1-12-21(13(2)28-24-12)15-4-7-18(22)16(9-15)11-27-17-6-3-14(19(23)10-17)5-8-20(25)26/h3-4,6-7,9-10H,5,8,11H2,1-2H3,(H,25,26). The van der Waals surface area contributed by atoms with Crippen molar-refractivity contribution in [1.82, 2.24) is 5.16 Å². The highest BCUT2D eigenvalue weighted by atomic mass is 35.5. The molecule has 0 aliphatic rings. The summed E-state index contributed by atoms with van der Waals surface area (Å²) in [4.78, 5) is 10.6. The van der Waals surface area contributed by atoms with Crippen molar-refractivity contribution in [3.8, 4) is 16.9 Å². The predicted molar refractivity (Wildman–Crippen MR) is 103 cm³/mol. The number of carboxylic acids is 1. The normalized spacial score (nSPS) is 10.9. The van der Waals surface area contributed by atoms with Crippen LogP contribution in [-0.2, 0) is 17.8 Å². The van der Waals surface area contributed by atoms with Crippen molar-refractivity contribution in [2.75, 3.05) is 0 Å². The van der Waals surface area contributed by atoms with E-state index in [4.69, 9.17) is 26.0 Å². The van der Waals surface area contributed by atoms with Crippen LogP contribution in [0.25, 0.3) is 11.1 Å². The Morgan fingerprint density at radius 1 is 1.21 bits per heavy atom. The van der Waals surface area contributed by atoms with E-state index in [0.717, 1.165) is 22.4 Å². The maximum absolute atomic E-state index is 14.1. The van der Waals surface area contributed by atoms with Gasteiger partial charge in [0.2, 0.25) is 0 Å². The number of aromatic nitrogens is 1. The van der Waals surface area contributed by atoms with Crippen LogP contribution >= 0.6 is 11.6 Å². The fourth-order valence-corrected chi connectivity index (χ4v) is 3.13. The van der Waals surface area contributed by atoms with Gasteiger partial charge in [-0.2, -0.15) is 0 Å². The van der Waals surface area contributed by atoms with Crippen LogP contribution in [0.1, 0.15) is 29.0 Å². The smallest absolute Gasteiger partial charge is 0.303 e. The van der Waals surface area contributed by atoms with Crippen molar-refractivity contribution in [2.45, 2.75) is 33.3 Å². The summed E-state index contributed by atoms with van der Waals surface area (Å²) >= 11 is 6.28. The number of ether oxygens (including phenoxy) is 1. The Kier molecular flexibility index (Phi) is 5.99. The van der Waals surface area contributed by atoms with Crippen molar-refractivity contribution in [2.24, 2.45) is 0 Å². The highest BCUT2D eigenvalue weighted by Gasteiger charge is 2.14. The number of nitrogens with zero attached hydrogens (tertiary/aromatic N) is 1. The first-order valence-electron chi connectivity index (χ1n) is 8.70. The van der Waals surface area contributed by atoms with Crippen LogP contribution in [0.5, 0.6) is 5.75 Å². The molecule has 0 saturated heterocycles. The summed E-state index contributed by atoms with van der Waals surface area (Å²) in [6, 6.07) is 9.96. The SMILES string of the molecule is Cc1noc(C)c1-c1ccc(Cl)c(COc2ccc(CCC(=O)O)c(F)c2)c1. The summed E-state index contributed by atoms with van der Waals surface area (Å²) in [7, 11) is 0. The molecule has 0 atom stereocenters. The van der Waals surface area contributed by atoms with Crippen LogP contribution in [0.3, 0.4) is 0 Å². The van der Waals surface area contributed by atoms with Crippen LogP contribution in [0.4, 0.5) is 4.39 Å². The van der Waals surface area contributed by atoms with Crippen molar-refractivity contribution < 1.29 is 23.6 Å². The lowest BCUT2D eigenvalue weighted by molar-refractivity contribution is -0.136. The van der Waals surface area contributed by atoms with Crippen molar-refractivity contribution in [3.63, 3.8) is 0 Å². The van der Waals surface area contributed by atoms with E-state index < -0.39 is 11.8 Å². The Hall–Kier alpha value is -2.86. The number of hydrogen-bond donors (Lipinski definition) is 1. The Morgan fingerprint density at radius 3 is 2.64 bits per heavy atom. The number of hydrogen-bond acceptors (Lipinski definition) is 4. The Labute approximate surface area is 166 Å². The molecule has 0 bridgehead atoms. The molecule has 7 heteroatoms. The average Bonchev–Trinajstić information content (AvgIpc) is 2.98. The van der Waals surface area contributed by atoms with E-state index in [1.807, 2.05) is 26.0 Å². The van der Waals surface area contributed by atoms with Gasteiger partial charge in [0, 0.05) is 28.6 Å². The molecule has 28 heavy (non-hydrogen) atoms. The third-order valence-corrected chi connectivity index (χ3v) is 4.76. The maximum Gasteiger partial charge on any atom is 0.303 e. The lowest BCUT2D eigenvalue weighted by Crippen LogP contribution is -2.01. The number of aliphatic carboxylic acids is 1. The van der Waals surface area contributed by atoms with E-state index in [1.54, 1.807) is 12.1 Å². The first-order valence-corrected chi connectivity index (χ1v) is 9.07. The van der Waals surface area contributed by atoms with Crippen molar-refractivity contribution >= 4 is 17.6 Å². The van der Waals surface area contributed by atoms with Gasteiger partial charge < -0.3 is 14.4 Å². The van der Waals surface area contributed by atoms with Gasteiger partial charge in [-0.1, -0.05) is 28.9 Å². The molecule has 1 aromatic heterocycles. The van der Waals surface area contributed by atoms with Crippen molar-refractivity contribution in [1.29, 1.82) is 0 Å². The number of aryl methyl sites for hydroxylation is 3. The number of carbonyl (C=O) groups is 1. The molecule has 2 aromatic carbocycles. The van der Waals surface area contributed by atoms with E-state index in [2.05, 4.69) is 5.16 Å². The monoisotopic (exact) mass is 403 g/mol. The van der Waals surface area contributed by atoms with E-state index in [9.17, 15) is 9.18 Å². The summed E-state index contributed by atoms with van der Waals surface area (Å²) in [5.41, 5.74) is 3.69. The summed E-state index contributed by atoms with van der Waals surface area (Å²) in [5, 5.41) is 13.2. The third-order valence-electron chi connectivity index (χ3n) is 4.39. The number of rotatable bonds is 7. The molecule has 0 amide bonds. The fraction of sp³-hybridized carbons (Fsp3) is 0.238. The predicted octanol–water partition coefficient (Wildman–Crippen LogP) is 5.35. The third kappa shape index (κ3) is 4.51. The second-order valence-electron chi connectivity index (χ2n) is 6.44. The minimum Gasteiger partial charge on any atom is -0.489 e. The zero-order chi connectivity index (χ0) is 20.3. The van der Waals surface area contributed by atoms with Gasteiger partial charge in [0.05, 0.1) is 5.69 Å². The van der Waals surface area contributed by atoms with Gasteiger partial charge in [-0.3, -0.25) is 4.79 Å². The Bertz CT molecular complexity index is 996. The molecular formula is C21H19ClFNO4. The molecule has 5 nitrogen and oxygen atoms in total. The van der Waals surface area contributed by atoms with Crippen LogP contribution in [0.15, 0.2) is 40.9 Å². The largest absolute Gasteiger partial charge is 0.489 e. The topological polar surface area (TPSA) is 72.6 Å². The highest BCUT2D eigenvalue weighted by molar-refractivity contribution is 6.31. The first kappa shape index (κ1) is 19.9. The zero-order valence-electron chi connectivity index (χ0n) is 15.5. The van der Waals surface area contributed by atoms with Gasteiger partial charge in [0.1, 0.15) is 23.9 Å². The highest BCUT2D eigenvalue weighted by Crippen LogP contribution is 2.30. The second-order valence-corrected chi connectivity index (χ2v) is 6.85. The maximum atomic E-state index is 14.1. The molecule has 3 aromatic rings. The summed E-state index contributed by atoms with van der Waals surface area (Å²) in [5.74, 6) is -0.400. The minimum atomic E-state index is -0.965. The summed E-state index contributed by atoms with van der Waals surface area (Å²) in [6.45, 7) is 3.87. The Balaban J connectivity index is 1.75. The van der Waals surface area contributed by atoms with Crippen LogP contribution in [-0.4, -0.2) is 16.2 Å². The van der Waals surface area contributed by atoms with E-state index in [0.29, 0.717) is 22.1 Å². The van der Waals surface area contributed by atoms with Gasteiger partial charge in [0.25, 0.3) is 0 Å². The van der Waals surface area contributed by atoms with E-state index in [1.165, 1.54) is 12.1 Å². The molecule has 0 unspecified atom stereocenters. The zero-order valence-corrected chi connectivity index (χ0v) is 16.2. The molecule has 0 fully saturated rings. The van der Waals surface area contributed by atoms with Gasteiger partial charge >= 0.3 is 5.97 Å². The van der Waals surface area contributed by atoms with Gasteiger partial charge in [-0.05, 0) is 49.6 Å². The lowest BCUT2D eigenvalue weighted by atomic mass is 10.0. The molecule has 146 valence electrons. The van der Waals surface area contributed by atoms with Gasteiger partial charge in [-0.25, -0.2) is 4.39 Å². The summed E-state index contributed by atoms with van der Waals surface area (Å²) in [6.07, 6.45) is 0.00792. The molecular weight excluding hydrogens is 385 g/mol. The lowest BCUT2D eigenvalue weighted by Gasteiger charge is -2.11. The van der Waals surface area contributed by atoms with Gasteiger partial charge in [-0.15, -0.1) is 0 Å². The van der Waals surface area contributed by atoms with E-state index in [-0.39, 0.29) is 19.4 Å². The average molecular weight is 404 g/mol. The van der Waals surface area contributed by atoms with Crippen LogP contribution < -0.4 is 4.74 Å². The quantitative estimate of drug-likeness (QED) is 0.575. The van der Waals surface area contributed by atoms with Crippen molar-refractivity contribution in [3.05, 3.63) is 69.8 Å². The molecule has 0 aliphatic carbocycles. The molecule has 0 aliphatic heterocycles. The number of carboxylic acid groups (broad SMARTS) is 1. The number of halogens is 2. The fourth-order valence-electron chi connectivity index (χ4n) is 2.96. The molecule has 1 heterocycles. The minimum absolute atomic E-state index is 0.124. The number of benzene rings is 2. The van der Waals surface area contributed by atoms with E-state index >= 15 is 0 Å². The molecule has 0 radical (unpaired) electrons. The molecule has 0 saturated carbocycles. The second kappa shape index (κ2) is 8.44. The van der Waals surface area contributed by atoms with Gasteiger partial charge in [0.15, 0.2) is 0 Å². The van der Waals surface area contributed by atoms with Crippen LogP contribution in [0.2, 0.25) is 5.02 Å². The Morgan fingerprint density at radius 2 is 2.00 bits per heavy atom. The first-order chi connectivity index (χ1) is 13.3. The molecule has 0 spiro atoms. The van der Waals surface area contributed by atoms with Crippen LogP contribution in [0, 0.1) is 19.7 Å². The molecule has 3 rings (SSSR count). The molecule has 1 N–H and O–H groups in total. The summed E-state index contributed by atoms with van der Waals surface area (Å²) < 4.78 is 25.0.